The Morgan fingerprint density at radius 3 is 1.71 bits per heavy atom. The topological polar surface area (TPSA) is 41.3 Å². The monoisotopic (exact) mass is 1260 g/mol. The first-order valence-corrected chi connectivity index (χ1v) is 29.6. The Kier molecular flexibility index (Phi) is 10.9. The van der Waals surface area contributed by atoms with Crippen molar-refractivity contribution in [3.8, 4) is 62.1 Å². The van der Waals surface area contributed by atoms with Gasteiger partial charge in [0.05, 0.1) is 16.6 Å². The fourth-order valence-corrected chi connectivity index (χ4v) is 13.8. The number of para-hydroxylation sites is 5. The summed E-state index contributed by atoms with van der Waals surface area (Å²) in [5, 5.41) is 6.75. The SMILES string of the molecule is [2H]C([2H])([2H])c1cc(-n2c3cc(Oc4cc(-n5[c](=[Pt])n(-c6c(-c7ccccc7)cccc6-c6cc(C(C)(C)C)cc(C(C)(C)C)c6)c6ccccc65)ccc4C)ccc3c3cc4c5cccc6c7ccccc7n(c4cc32)c65)ncc1-c1ccccc1. The van der Waals surface area contributed by atoms with Crippen molar-refractivity contribution in [2.75, 3.05) is 0 Å². The quantitative estimate of drug-likeness (QED) is 0.152. The van der Waals surface area contributed by atoms with Crippen LogP contribution in [0.25, 0.3) is 122 Å². The second kappa shape index (κ2) is 19.0. The third-order valence-electron chi connectivity index (χ3n) is 17.0. The summed E-state index contributed by atoms with van der Waals surface area (Å²) in [6, 6.07) is 77.2. The van der Waals surface area contributed by atoms with Gasteiger partial charge >= 0.3 is 352 Å². The predicted molar refractivity (Wildman–Crippen MR) is 342 cm³/mol. The summed E-state index contributed by atoms with van der Waals surface area (Å²) in [5.41, 5.74) is 18.9. The van der Waals surface area contributed by atoms with E-state index in [1.807, 2.05) is 36.4 Å². The minimum Gasteiger partial charge on any atom is -0.0622 e. The number of fused-ring (bicyclic) bond motifs is 10. The van der Waals surface area contributed by atoms with Crippen molar-refractivity contribution in [1.82, 2.24) is 23.1 Å². The van der Waals surface area contributed by atoms with Crippen LogP contribution in [0.5, 0.6) is 11.5 Å². The smallest absolute Gasteiger partial charge is 0.0622 e. The number of benzene rings is 10. The number of hydrogen-bond acceptors (Lipinski definition) is 2. The van der Waals surface area contributed by atoms with Crippen LogP contribution < -0.4 is 4.74 Å². The average molecular weight is 1260 g/mol. The number of hydrogen-bond donors (Lipinski definition) is 0. The molecule has 0 spiro atoms. The average Bonchev–Trinajstić information content (AvgIpc) is 1.55. The summed E-state index contributed by atoms with van der Waals surface area (Å²) >= 11 is 2.53. The summed E-state index contributed by atoms with van der Waals surface area (Å²) in [4.78, 5) is 5.15. The number of rotatable bonds is 8. The molecule has 0 amide bonds. The van der Waals surface area contributed by atoms with Gasteiger partial charge in [-0.05, 0) is 24.0 Å². The Labute approximate surface area is 498 Å². The normalized spacial score (nSPS) is 13.1. The molecular weight excluding hydrogens is 1190 g/mol. The van der Waals surface area contributed by atoms with Crippen molar-refractivity contribution in [1.29, 1.82) is 0 Å². The van der Waals surface area contributed by atoms with E-state index in [4.69, 9.17) is 13.8 Å². The Bertz CT molecular complexity index is 5270. The fraction of sp³-hybridized carbons (Fsp3) is 0.132. The summed E-state index contributed by atoms with van der Waals surface area (Å²) in [6.07, 6.45) is 1.72. The van der Waals surface area contributed by atoms with E-state index in [0.29, 0.717) is 22.9 Å². The van der Waals surface area contributed by atoms with Crippen molar-refractivity contribution < 1.29 is 28.2 Å². The molecule has 0 saturated heterocycles. The van der Waals surface area contributed by atoms with E-state index < -0.39 is 6.85 Å². The van der Waals surface area contributed by atoms with Gasteiger partial charge in [-0.15, -0.1) is 0 Å². The van der Waals surface area contributed by atoms with Gasteiger partial charge in [0.15, 0.2) is 0 Å². The van der Waals surface area contributed by atoms with Gasteiger partial charge in [-0.25, -0.2) is 0 Å². The van der Waals surface area contributed by atoms with Crippen molar-refractivity contribution in [3.05, 3.63) is 251 Å². The van der Waals surface area contributed by atoms with Crippen LogP contribution in [0.3, 0.4) is 0 Å². The van der Waals surface area contributed by atoms with E-state index in [9.17, 15) is 0 Å². The van der Waals surface area contributed by atoms with Crippen molar-refractivity contribution in [3.63, 3.8) is 0 Å². The molecule has 0 saturated carbocycles. The van der Waals surface area contributed by atoms with Crippen molar-refractivity contribution in [2.24, 2.45) is 0 Å². The van der Waals surface area contributed by atoms with E-state index in [0.717, 1.165) is 92.3 Å². The number of pyridine rings is 1. The van der Waals surface area contributed by atoms with Crippen molar-refractivity contribution in [2.45, 2.75) is 66.1 Å². The van der Waals surface area contributed by atoms with E-state index >= 15 is 0 Å². The van der Waals surface area contributed by atoms with E-state index in [-0.39, 0.29) is 16.4 Å². The molecule has 15 rings (SSSR count). The van der Waals surface area contributed by atoms with Gasteiger partial charge in [0.2, 0.25) is 0 Å². The van der Waals surface area contributed by atoms with Crippen LogP contribution in [0.4, 0.5) is 0 Å². The zero-order chi connectivity index (χ0) is 59.1. The molecule has 0 unspecified atom stereocenters. The maximum atomic E-state index is 8.88. The number of ether oxygens (including phenoxy) is 1. The third-order valence-corrected chi connectivity index (χ3v) is 18.0. The first-order chi connectivity index (χ1) is 41.4. The summed E-state index contributed by atoms with van der Waals surface area (Å²) in [5.74, 6) is 1.84. The van der Waals surface area contributed by atoms with E-state index in [1.165, 1.54) is 38.4 Å². The third kappa shape index (κ3) is 8.16. The number of nitrogens with zero attached hydrogens (tertiary/aromatic N) is 5. The molecule has 0 radical (unpaired) electrons. The van der Waals surface area contributed by atoms with Crippen LogP contribution in [-0.4, -0.2) is 23.1 Å². The zero-order valence-corrected chi connectivity index (χ0v) is 49.6. The van der Waals surface area contributed by atoms with Gasteiger partial charge < -0.3 is 4.40 Å². The second-order valence-corrected chi connectivity index (χ2v) is 25.2. The maximum absolute atomic E-state index is 8.88. The molecule has 406 valence electrons. The fourth-order valence-electron chi connectivity index (χ4n) is 12.7. The van der Waals surface area contributed by atoms with Crippen LogP contribution in [0.1, 0.15) is 67.9 Å². The van der Waals surface area contributed by atoms with Crippen LogP contribution in [0.15, 0.2) is 225 Å². The molecule has 5 aromatic heterocycles. The molecule has 0 bridgehead atoms. The van der Waals surface area contributed by atoms with Gasteiger partial charge in [-0.1, -0.05) is 66.7 Å². The van der Waals surface area contributed by atoms with E-state index in [1.54, 1.807) is 12.3 Å². The summed E-state index contributed by atoms with van der Waals surface area (Å²) in [6.45, 7) is 13.5. The van der Waals surface area contributed by atoms with Crippen LogP contribution in [-0.2, 0) is 30.2 Å². The Hall–Kier alpha value is -9.09. The predicted octanol–water partition coefficient (Wildman–Crippen LogP) is 20.1. The number of aryl methyl sites for hydroxylation is 2. The molecule has 6 nitrogen and oxygen atoms in total. The van der Waals surface area contributed by atoms with Gasteiger partial charge in [0, 0.05) is 37.4 Å². The Morgan fingerprint density at radius 1 is 0.434 bits per heavy atom. The number of aromatic nitrogens is 5. The minimum absolute atomic E-state index is 0.0713. The van der Waals surface area contributed by atoms with E-state index in [2.05, 4.69) is 262 Å². The first kappa shape index (κ1) is 47.5. The second-order valence-electron chi connectivity index (χ2n) is 24.2. The van der Waals surface area contributed by atoms with Gasteiger partial charge in [-0.2, -0.15) is 0 Å². The minimum atomic E-state index is -2.43. The molecule has 83 heavy (non-hydrogen) atoms. The summed E-state index contributed by atoms with van der Waals surface area (Å²) in [7, 11) is 0. The first-order valence-electron chi connectivity index (χ1n) is 29.9. The zero-order valence-electron chi connectivity index (χ0n) is 50.3. The standard InChI is InChI=1S/C76H61N5O.Pt/c1-47-33-34-54(78-46-79(67-32-18-17-31-66(67)78)73-56(49-21-11-9-12-22-49)26-19-27-57(73)51-38-52(75(3,4)5)40-53(39-51)76(6,7)8)41-71(47)82-55-35-36-59-62-43-63-61-29-20-28-60-58-25-15-16-30-65(58)81(74(60)61)70(63)44-69(62)80(68(59)42-55)72-37-48(2)64(45-77-72)50-23-13-10-14-24-50;/h9-45H,1-8H3;/i2D3;. The molecule has 0 fully saturated rings. The Balaban J connectivity index is 0.915. The van der Waals surface area contributed by atoms with Crippen LogP contribution in [0, 0.1) is 17.6 Å². The molecule has 15 aromatic rings. The molecule has 0 aliphatic carbocycles. The Morgan fingerprint density at radius 2 is 1.01 bits per heavy atom. The molecule has 0 N–H and O–H groups in total. The van der Waals surface area contributed by atoms with Gasteiger partial charge in [0.25, 0.3) is 0 Å². The molecule has 10 aromatic carbocycles. The van der Waals surface area contributed by atoms with Crippen LogP contribution in [0.2, 0.25) is 0 Å². The molecule has 7 heteroatoms. The molecular formula is C76H61N5OPt. The van der Waals surface area contributed by atoms with Crippen LogP contribution >= 0.6 is 0 Å². The molecule has 0 aliphatic rings. The number of imidazole rings is 1. The van der Waals surface area contributed by atoms with Crippen molar-refractivity contribution >= 4 is 70.9 Å². The summed E-state index contributed by atoms with van der Waals surface area (Å²) < 4.78 is 44.1. The van der Waals surface area contributed by atoms with Gasteiger partial charge in [0.1, 0.15) is 0 Å². The molecule has 0 atom stereocenters. The van der Waals surface area contributed by atoms with Gasteiger partial charge in [-0.3, -0.25) is 0 Å². The molecule has 5 heterocycles. The molecule has 0 aliphatic heterocycles.